The lowest BCUT2D eigenvalue weighted by molar-refractivity contribution is -0.387. The van der Waals surface area contributed by atoms with Gasteiger partial charge in [0.1, 0.15) is 11.4 Å². The van der Waals surface area contributed by atoms with Gasteiger partial charge in [-0.2, -0.15) is 4.39 Å². The minimum Gasteiger partial charge on any atom is -0.338 e. The van der Waals surface area contributed by atoms with Crippen molar-refractivity contribution in [2.24, 2.45) is 0 Å². The van der Waals surface area contributed by atoms with Crippen molar-refractivity contribution in [3.63, 3.8) is 0 Å². The summed E-state index contributed by atoms with van der Waals surface area (Å²) in [5.41, 5.74) is -1.79. The van der Waals surface area contributed by atoms with Crippen LogP contribution >= 0.6 is 15.9 Å². The number of nitrogens with zero attached hydrogens (tertiary/aromatic N) is 2. The number of nitro benzene ring substituents is 1. The summed E-state index contributed by atoms with van der Waals surface area (Å²) in [4.78, 5) is 23.0. The quantitative estimate of drug-likeness (QED) is 0.449. The van der Waals surface area contributed by atoms with E-state index in [9.17, 15) is 23.7 Å². The summed E-state index contributed by atoms with van der Waals surface area (Å²) < 4.78 is 27.6. The Morgan fingerprint density at radius 3 is 2.55 bits per heavy atom. The zero-order valence-corrected chi connectivity index (χ0v) is 12.3. The van der Waals surface area contributed by atoms with E-state index in [-0.39, 0.29) is 6.54 Å². The van der Waals surface area contributed by atoms with Gasteiger partial charge in [0, 0.05) is 24.5 Å². The van der Waals surface area contributed by atoms with Crippen LogP contribution in [0.1, 0.15) is 23.7 Å². The lowest BCUT2D eigenvalue weighted by Gasteiger charge is -2.21. The predicted octanol–water partition coefficient (Wildman–Crippen LogP) is 3.12. The Balaban J connectivity index is 3.26. The van der Waals surface area contributed by atoms with E-state index < -0.39 is 33.7 Å². The highest BCUT2D eigenvalue weighted by molar-refractivity contribution is 9.09. The monoisotopic (exact) mass is 350 g/mol. The second-order valence-electron chi connectivity index (χ2n) is 3.99. The number of carbonyl (C=O) groups excluding carboxylic acids is 1. The van der Waals surface area contributed by atoms with Crippen molar-refractivity contribution in [1.29, 1.82) is 0 Å². The van der Waals surface area contributed by atoms with Crippen LogP contribution in [0.4, 0.5) is 14.5 Å². The van der Waals surface area contributed by atoms with Crippen molar-refractivity contribution in [2.75, 3.05) is 18.4 Å². The number of rotatable bonds is 6. The molecular formula is C12H13BrF2N2O3. The van der Waals surface area contributed by atoms with Crippen molar-refractivity contribution in [3.8, 4) is 0 Å². The van der Waals surface area contributed by atoms with Gasteiger partial charge in [-0.15, -0.1) is 0 Å². The SMILES string of the molecule is CCCN(CCBr)C(=O)c1c(F)ccc([N+](=O)[O-])c1F. The first-order valence-electron chi connectivity index (χ1n) is 5.91. The van der Waals surface area contributed by atoms with E-state index in [1.54, 1.807) is 0 Å². The fourth-order valence-electron chi connectivity index (χ4n) is 1.72. The van der Waals surface area contributed by atoms with Crippen molar-refractivity contribution >= 4 is 27.5 Å². The van der Waals surface area contributed by atoms with Crippen LogP contribution in [-0.2, 0) is 0 Å². The van der Waals surface area contributed by atoms with Gasteiger partial charge in [-0.3, -0.25) is 14.9 Å². The highest BCUT2D eigenvalue weighted by atomic mass is 79.9. The normalized spacial score (nSPS) is 10.4. The molecule has 20 heavy (non-hydrogen) atoms. The van der Waals surface area contributed by atoms with Gasteiger partial charge < -0.3 is 4.90 Å². The molecule has 0 saturated carbocycles. The Morgan fingerprint density at radius 2 is 2.05 bits per heavy atom. The Hall–Kier alpha value is -1.57. The molecule has 8 heteroatoms. The lowest BCUT2D eigenvalue weighted by atomic mass is 10.1. The fraction of sp³-hybridized carbons (Fsp3) is 0.417. The second kappa shape index (κ2) is 7.28. The largest absolute Gasteiger partial charge is 0.338 e. The lowest BCUT2D eigenvalue weighted by Crippen LogP contribution is -2.34. The molecule has 110 valence electrons. The summed E-state index contributed by atoms with van der Waals surface area (Å²) in [6, 6.07) is 1.43. The van der Waals surface area contributed by atoms with E-state index in [1.807, 2.05) is 6.92 Å². The number of hydrogen-bond acceptors (Lipinski definition) is 3. The summed E-state index contributed by atoms with van der Waals surface area (Å²) in [7, 11) is 0. The predicted molar refractivity (Wildman–Crippen MR) is 73.0 cm³/mol. The summed E-state index contributed by atoms with van der Waals surface area (Å²) in [5, 5.41) is 11.1. The van der Waals surface area contributed by atoms with Gasteiger partial charge in [-0.05, 0) is 12.5 Å². The summed E-state index contributed by atoms with van der Waals surface area (Å²) in [6.45, 7) is 2.38. The molecule has 1 rings (SSSR count). The Kier molecular flexibility index (Phi) is 6.00. The number of nitro groups is 1. The van der Waals surface area contributed by atoms with E-state index in [0.29, 0.717) is 24.4 Å². The van der Waals surface area contributed by atoms with Gasteiger partial charge in [-0.25, -0.2) is 4.39 Å². The molecule has 0 N–H and O–H groups in total. The van der Waals surface area contributed by atoms with Crippen LogP contribution in [-0.4, -0.2) is 34.2 Å². The van der Waals surface area contributed by atoms with Gasteiger partial charge in [0.15, 0.2) is 0 Å². The molecule has 0 aliphatic rings. The van der Waals surface area contributed by atoms with Gasteiger partial charge in [0.2, 0.25) is 5.82 Å². The van der Waals surface area contributed by atoms with Crippen molar-refractivity contribution in [3.05, 3.63) is 39.4 Å². The molecule has 0 saturated heterocycles. The van der Waals surface area contributed by atoms with Gasteiger partial charge in [0.25, 0.3) is 5.91 Å². The van der Waals surface area contributed by atoms with Crippen LogP contribution in [0.3, 0.4) is 0 Å². The van der Waals surface area contributed by atoms with Crippen LogP contribution in [0.5, 0.6) is 0 Å². The maximum atomic E-state index is 13.9. The van der Waals surface area contributed by atoms with Gasteiger partial charge in [0.05, 0.1) is 4.92 Å². The third-order valence-corrected chi connectivity index (χ3v) is 2.97. The number of hydrogen-bond donors (Lipinski definition) is 0. The molecule has 0 heterocycles. The molecule has 0 unspecified atom stereocenters. The molecule has 0 atom stereocenters. The molecule has 1 aromatic rings. The van der Waals surface area contributed by atoms with E-state index in [1.165, 1.54) is 4.90 Å². The average Bonchev–Trinajstić information content (AvgIpc) is 2.37. The van der Waals surface area contributed by atoms with Crippen LogP contribution < -0.4 is 0 Å². The third kappa shape index (κ3) is 3.50. The summed E-state index contributed by atoms with van der Waals surface area (Å²) in [5.74, 6) is -3.42. The highest BCUT2D eigenvalue weighted by Crippen LogP contribution is 2.24. The molecule has 5 nitrogen and oxygen atoms in total. The fourth-order valence-corrected chi connectivity index (χ4v) is 2.15. The van der Waals surface area contributed by atoms with Crippen LogP contribution in [0.25, 0.3) is 0 Å². The number of carbonyl (C=O) groups is 1. The molecule has 0 spiro atoms. The standard InChI is InChI=1S/C12H13BrF2N2O3/c1-2-6-16(7-5-13)12(18)10-8(14)3-4-9(11(10)15)17(19)20/h3-4H,2,5-7H2,1H3. The number of benzene rings is 1. The van der Waals surface area contributed by atoms with Crippen molar-refractivity contribution in [2.45, 2.75) is 13.3 Å². The van der Waals surface area contributed by atoms with E-state index in [4.69, 9.17) is 0 Å². The zero-order chi connectivity index (χ0) is 15.3. The first kappa shape index (κ1) is 16.5. The van der Waals surface area contributed by atoms with Crippen LogP contribution in [0.2, 0.25) is 0 Å². The van der Waals surface area contributed by atoms with Crippen molar-refractivity contribution in [1.82, 2.24) is 4.90 Å². The average molecular weight is 351 g/mol. The molecule has 1 amide bonds. The highest BCUT2D eigenvalue weighted by Gasteiger charge is 2.28. The third-order valence-electron chi connectivity index (χ3n) is 2.62. The first-order valence-corrected chi connectivity index (χ1v) is 7.03. The number of halogens is 3. The van der Waals surface area contributed by atoms with E-state index in [2.05, 4.69) is 15.9 Å². The molecular weight excluding hydrogens is 338 g/mol. The topological polar surface area (TPSA) is 63.5 Å². The maximum absolute atomic E-state index is 13.9. The summed E-state index contributed by atoms with van der Waals surface area (Å²) >= 11 is 3.15. The van der Waals surface area contributed by atoms with Gasteiger partial charge >= 0.3 is 5.69 Å². The smallest absolute Gasteiger partial charge is 0.305 e. The minimum absolute atomic E-state index is 0.258. The Morgan fingerprint density at radius 1 is 1.40 bits per heavy atom. The molecule has 1 aromatic carbocycles. The first-order chi connectivity index (χ1) is 9.43. The van der Waals surface area contributed by atoms with Crippen LogP contribution in [0, 0.1) is 21.7 Å². The second-order valence-corrected chi connectivity index (χ2v) is 4.79. The van der Waals surface area contributed by atoms with E-state index >= 15 is 0 Å². The van der Waals surface area contributed by atoms with Gasteiger partial charge in [-0.1, -0.05) is 22.9 Å². The Labute approximate surface area is 122 Å². The molecule has 0 aromatic heterocycles. The van der Waals surface area contributed by atoms with Crippen molar-refractivity contribution < 1.29 is 18.5 Å². The molecule has 0 fully saturated rings. The number of alkyl halides is 1. The minimum atomic E-state index is -1.43. The number of amides is 1. The molecule has 0 bridgehead atoms. The molecule has 0 aliphatic heterocycles. The summed E-state index contributed by atoms with van der Waals surface area (Å²) in [6.07, 6.45) is 0.608. The molecule has 0 aliphatic carbocycles. The van der Waals surface area contributed by atoms with E-state index in [0.717, 1.165) is 6.07 Å². The van der Waals surface area contributed by atoms with Crippen LogP contribution in [0.15, 0.2) is 12.1 Å². The Bertz CT molecular complexity index is 520. The molecule has 0 radical (unpaired) electrons. The zero-order valence-electron chi connectivity index (χ0n) is 10.7. The maximum Gasteiger partial charge on any atom is 0.305 e.